The Morgan fingerprint density at radius 3 is 2.19 bits per heavy atom. The molecule has 1 heterocycles. The van der Waals surface area contributed by atoms with E-state index in [1.807, 2.05) is 88.4 Å². The first-order valence-electron chi connectivity index (χ1n) is 8.90. The Kier molecular flexibility index (Phi) is 5.23. The van der Waals surface area contributed by atoms with Crippen LogP contribution >= 0.6 is 0 Å². The zero-order chi connectivity index (χ0) is 18.8. The minimum Gasteiger partial charge on any atom is -0.400 e. The molecule has 3 rings (SSSR count). The third-order valence-electron chi connectivity index (χ3n) is 5.04. The fourth-order valence-corrected chi connectivity index (χ4v) is 2.79. The summed E-state index contributed by atoms with van der Waals surface area (Å²) < 4.78 is 12.1. The van der Waals surface area contributed by atoms with E-state index in [-0.39, 0.29) is 6.61 Å². The van der Waals surface area contributed by atoms with Crippen LogP contribution in [0.4, 0.5) is 11.4 Å². The van der Waals surface area contributed by atoms with Crippen molar-refractivity contribution in [2.24, 2.45) is 0 Å². The SMILES string of the molecule is CC1(C)OB(C(=Cc2cccc(Nc3ccccc3)c2)CO)OC1(C)C. The highest BCUT2D eigenvalue weighted by Gasteiger charge is 2.52. The van der Waals surface area contributed by atoms with Crippen LogP contribution in [0.2, 0.25) is 0 Å². The maximum atomic E-state index is 9.85. The Labute approximate surface area is 156 Å². The molecule has 1 aliphatic heterocycles. The number of hydrogen-bond donors (Lipinski definition) is 2. The lowest BCUT2D eigenvalue weighted by atomic mass is 9.77. The van der Waals surface area contributed by atoms with Crippen molar-refractivity contribution in [3.8, 4) is 0 Å². The van der Waals surface area contributed by atoms with Gasteiger partial charge in [-0.1, -0.05) is 36.4 Å². The van der Waals surface area contributed by atoms with Gasteiger partial charge in [0, 0.05) is 11.4 Å². The summed E-state index contributed by atoms with van der Waals surface area (Å²) in [5.41, 5.74) is 2.84. The van der Waals surface area contributed by atoms with E-state index >= 15 is 0 Å². The molecule has 0 aromatic heterocycles. The van der Waals surface area contributed by atoms with Crippen molar-refractivity contribution >= 4 is 24.6 Å². The summed E-state index contributed by atoms with van der Waals surface area (Å²) in [5, 5.41) is 13.2. The second-order valence-corrected chi connectivity index (χ2v) is 7.58. The summed E-state index contributed by atoms with van der Waals surface area (Å²) in [4.78, 5) is 0. The smallest absolute Gasteiger partial charge is 0.400 e. The summed E-state index contributed by atoms with van der Waals surface area (Å²) in [7, 11) is -0.546. The lowest BCUT2D eigenvalue weighted by molar-refractivity contribution is 0.00578. The molecular formula is C21H26BNO3. The molecule has 4 nitrogen and oxygen atoms in total. The summed E-state index contributed by atoms with van der Waals surface area (Å²) in [5.74, 6) is 0. The van der Waals surface area contributed by atoms with E-state index in [0.29, 0.717) is 5.47 Å². The van der Waals surface area contributed by atoms with Gasteiger partial charge in [-0.25, -0.2) is 0 Å². The molecule has 5 heteroatoms. The standard InChI is InChI=1S/C21H26BNO3/c1-20(2)21(3,4)26-22(25-20)17(15-24)13-16-9-8-12-19(14-16)23-18-10-6-5-7-11-18/h5-14,23-24H,15H2,1-4H3. The van der Waals surface area contributed by atoms with E-state index in [2.05, 4.69) is 5.32 Å². The molecule has 0 unspecified atom stereocenters. The van der Waals surface area contributed by atoms with E-state index in [1.165, 1.54) is 0 Å². The molecule has 0 amide bonds. The Morgan fingerprint density at radius 1 is 0.962 bits per heavy atom. The maximum Gasteiger partial charge on any atom is 0.492 e. The molecule has 0 aliphatic carbocycles. The van der Waals surface area contributed by atoms with Gasteiger partial charge in [0.1, 0.15) is 0 Å². The van der Waals surface area contributed by atoms with Crippen LogP contribution in [0.15, 0.2) is 60.1 Å². The van der Waals surface area contributed by atoms with E-state index < -0.39 is 18.3 Å². The molecule has 2 aromatic rings. The third-order valence-corrected chi connectivity index (χ3v) is 5.04. The van der Waals surface area contributed by atoms with Crippen LogP contribution in [-0.4, -0.2) is 30.0 Å². The van der Waals surface area contributed by atoms with E-state index in [1.54, 1.807) is 0 Å². The monoisotopic (exact) mass is 351 g/mol. The van der Waals surface area contributed by atoms with Gasteiger partial charge < -0.3 is 19.7 Å². The highest BCUT2D eigenvalue weighted by molar-refractivity contribution is 6.55. The van der Waals surface area contributed by atoms with E-state index in [0.717, 1.165) is 16.9 Å². The average molecular weight is 351 g/mol. The Bertz CT molecular complexity index is 771. The van der Waals surface area contributed by atoms with Crippen molar-refractivity contribution < 1.29 is 14.4 Å². The fraction of sp³-hybridized carbons (Fsp3) is 0.333. The molecule has 2 N–H and O–H groups in total. The molecule has 0 saturated carbocycles. The molecule has 1 fully saturated rings. The highest BCUT2D eigenvalue weighted by atomic mass is 16.7. The summed E-state index contributed by atoms with van der Waals surface area (Å²) in [6.07, 6.45) is 1.93. The largest absolute Gasteiger partial charge is 0.492 e. The third kappa shape index (κ3) is 4.01. The lowest BCUT2D eigenvalue weighted by Gasteiger charge is -2.32. The normalized spacial score (nSPS) is 18.8. The van der Waals surface area contributed by atoms with Gasteiger partial charge in [0.05, 0.1) is 17.8 Å². The molecular weight excluding hydrogens is 325 g/mol. The molecule has 0 radical (unpaired) electrons. The average Bonchev–Trinajstić information content (AvgIpc) is 2.81. The topological polar surface area (TPSA) is 50.7 Å². The van der Waals surface area contributed by atoms with Gasteiger partial charge in [-0.05, 0) is 63.0 Å². The van der Waals surface area contributed by atoms with Crippen LogP contribution in [0.1, 0.15) is 33.3 Å². The van der Waals surface area contributed by atoms with Gasteiger partial charge in [0.25, 0.3) is 0 Å². The second-order valence-electron chi connectivity index (χ2n) is 7.58. The minimum atomic E-state index is -0.546. The van der Waals surface area contributed by atoms with Crippen LogP contribution in [-0.2, 0) is 9.31 Å². The van der Waals surface area contributed by atoms with Gasteiger partial charge >= 0.3 is 7.12 Å². The van der Waals surface area contributed by atoms with Gasteiger partial charge in [0.2, 0.25) is 0 Å². The first-order chi connectivity index (χ1) is 12.3. The van der Waals surface area contributed by atoms with Gasteiger partial charge in [-0.15, -0.1) is 0 Å². The number of aliphatic hydroxyl groups excluding tert-OH is 1. The number of nitrogens with one attached hydrogen (secondary N) is 1. The van der Waals surface area contributed by atoms with Crippen molar-refractivity contribution in [3.05, 3.63) is 65.6 Å². The van der Waals surface area contributed by atoms with Crippen LogP contribution in [0, 0.1) is 0 Å². The molecule has 2 aromatic carbocycles. The summed E-state index contributed by atoms with van der Waals surface area (Å²) >= 11 is 0. The van der Waals surface area contributed by atoms with Crippen molar-refractivity contribution in [3.63, 3.8) is 0 Å². The molecule has 0 atom stereocenters. The van der Waals surface area contributed by atoms with Crippen molar-refractivity contribution in [2.45, 2.75) is 38.9 Å². The number of anilines is 2. The first-order valence-corrected chi connectivity index (χ1v) is 8.90. The Morgan fingerprint density at radius 2 is 1.58 bits per heavy atom. The Balaban J connectivity index is 1.81. The summed E-state index contributed by atoms with van der Waals surface area (Å²) in [6, 6.07) is 18.0. The predicted octanol–water partition coefficient (Wildman–Crippen LogP) is 4.44. The van der Waals surface area contributed by atoms with Crippen LogP contribution in [0.25, 0.3) is 6.08 Å². The fourth-order valence-electron chi connectivity index (χ4n) is 2.79. The van der Waals surface area contributed by atoms with E-state index in [9.17, 15) is 5.11 Å². The molecule has 26 heavy (non-hydrogen) atoms. The lowest BCUT2D eigenvalue weighted by Crippen LogP contribution is -2.41. The molecule has 1 aliphatic rings. The summed E-state index contributed by atoms with van der Waals surface area (Å²) in [6.45, 7) is 7.91. The zero-order valence-electron chi connectivity index (χ0n) is 15.8. The molecule has 136 valence electrons. The van der Waals surface area contributed by atoms with Crippen molar-refractivity contribution in [1.82, 2.24) is 0 Å². The molecule has 1 saturated heterocycles. The Hall–Kier alpha value is -2.08. The highest BCUT2D eigenvalue weighted by Crippen LogP contribution is 2.38. The van der Waals surface area contributed by atoms with Crippen LogP contribution in [0.5, 0.6) is 0 Å². The first kappa shape index (κ1) is 18.7. The molecule has 0 spiro atoms. The van der Waals surface area contributed by atoms with Gasteiger partial charge in [-0.2, -0.15) is 0 Å². The number of rotatable bonds is 5. The quantitative estimate of drug-likeness (QED) is 0.782. The van der Waals surface area contributed by atoms with Crippen molar-refractivity contribution in [1.29, 1.82) is 0 Å². The van der Waals surface area contributed by atoms with E-state index in [4.69, 9.17) is 9.31 Å². The molecule has 0 bridgehead atoms. The second kappa shape index (κ2) is 7.27. The predicted molar refractivity (Wildman–Crippen MR) is 107 cm³/mol. The minimum absolute atomic E-state index is 0.118. The van der Waals surface area contributed by atoms with Gasteiger partial charge in [-0.3, -0.25) is 0 Å². The van der Waals surface area contributed by atoms with Crippen LogP contribution < -0.4 is 5.32 Å². The number of hydrogen-bond acceptors (Lipinski definition) is 4. The zero-order valence-corrected chi connectivity index (χ0v) is 15.8. The van der Waals surface area contributed by atoms with Crippen LogP contribution in [0.3, 0.4) is 0 Å². The number of aliphatic hydroxyl groups is 1. The maximum absolute atomic E-state index is 9.85. The number of benzene rings is 2. The number of para-hydroxylation sites is 1. The van der Waals surface area contributed by atoms with Crippen molar-refractivity contribution in [2.75, 3.05) is 11.9 Å². The van der Waals surface area contributed by atoms with Gasteiger partial charge in [0.15, 0.2) is 0 Å².